The number of H-pyrrole nitrogens is 1. The van der Waals surface area contributed by atoms with Crippen molar-refractivity contribution in [3.8, 4) is 17.1 Å². The van der Waals surface area contributed by atoms with Crippen molar-refractivity contribution in [1.29, 1.82) is 0 Å². The van der Waals surface area contributed by atoms with Crippen LogP contribution in [0.25, 0.3) is 21.6 Å². The van der Waals surface area contributed by atoms with E-state index in [-0.39, 0.29) is 5.56 Å². The van der Waals surface area contributed by atoms with Gasteiger partial charge in [0.15, 0.2) is 0 Å². The number of nitrogens with one attached hydrogen (secondary N) is 1. The van der Waals surface area contributed by atoms with Gasteiger partial charge in [-0.3, -0.25) is 4.79 Å². The summed E-state index contributed by atoms with van der Waals surface area (Å²) in [7, 11) is 0. The van der Waals surface area contributed by atoms with Crippen molar-refractivity contribution in [2.24, 2.45) is 0 Å². The van der Waals surface area contributed by atoms with Crippen molar-refractivity contribution in [2.45, 2.75) is 6.92 Å². The topological polar surface area (TPSA) is 81.0 Å². The monoisotopic (exact) mass is 287 g/mol. The predicted molar refractivity (Wildman–Crippen MR) is 81.3 cm³/mol. The predicted octanol–water partition coefficient (Wildman–Crippen LogP) is 2.63. The first-order valence-electron chi connectivity index (χ1n) is 6.19. The molecule has 2 heterocycles. The van der Waals surface area contributed by atoms with Crippen LogP contribution in [0.5, 0.6) is 5.75 Å². The molecule has 0 saturated heterocycles. The van der Waals surface area contributed by atoms with Crippen LogP contribution in [0, 0.1) is 0 Å². The molecule has 0 unspecified atom stereocenters. The summed E-state index contributed by atoms with van der Waals surface area (Å²) < 4.78 is 6.19. The quantitative estimate of drug-likeness (QED) is 0.726. The average Bonchev–Trinajstić information content (AvgIpc) is 2.90. The lowest BCUT2D eigenvalue weighted by Crippen LogP contribution is -2.08. The maximum absolute atomic E-state index is 12.0. The first kappa shape index (κ1) is 12.7. The van der Waals surface area contributed by atoms with E-state index < -0.39 is 0 Å². The lowest BCUT2D eigenvalue weighted by atomic mass is 10.1. The normalized spacial score (nSPS) is 10.8. The molecule has 3 aromatic rings. The van der Waals surface area contributed by atoms with Crippen LogP contribution in [0.4, 0.5) is 5.69 Å². The van der Waals surface area contributed by atoms with Gasteiger partial charge in [0.05, 0.1) is 17.7 Å². The third kappa shape index (κ3) is 2.14. The molecule has 0 aliphatic rings. The van der Waals surface area contributed by atoms with Crippen molar-refractivity contribution < 1.29 is 4.74 Å². The SMILES string of the molecule is CCOc1ccc(N)cc1-c1nc2ccsc2c(=O)[nH]1. The minimum Gasteiger partial charge on any atom is -0.493 e. The van der Waals surface area contributed by atoms with Gasteiger partial charge in [0.25, 0.3) is 5.56 Å². The van der Waals surface area contributed by atoms with E-state index in [1.807, 2.05) is 18.4 Å². The molecule has 0 saturated carbocycles. The molecule has 0 amide bonds. The van der Waals surface area contributed by atoms with Crippen LogP contribution in [0.2, 0.25) is 0 Å². The molecule has 3 N–H and O–H groups in total. The summed E-state index contributed by atoms with van der Waals surface area (Å²) in [6, 6.07) is 7.12. The van der Waals surface area contributed by atoms with Crippen molar-refractivity contribution in [3.05, 3.63) is 40.0 Å². The lowest BCUT2D eigenvalue weighted by molar-refractivity contribution is 0.341. The molecule has 5 nitrogen and oxygen atoms in total. The van der Waals surface area contributed by atoms with Crippen molar-refractivity contribution in [2.75, 3.05) is 12.3 Å². The van der Waals surface area contributed by atoms with Crippen LogP contribution in [-0.4, -0.2) is 16.6 Å². The maximum atomic E-state index is 12.0. The number of ether oxygens (including phenoxy) is 1. The number of hydrogen-bond acceptors (Lipinski definition) is 5. The van der Waals surface area contributed by atoms with Crippen molar-refractivity contribution in [1.82, 2.24) is 9.97 Å². The van der Waals surface area contributed by atoms with Crippen molar-refractivity contribution >= 4 is 27.2 Å². The number of nitrogen functional groups attached to an aromatic ring is 1. The van der Waals surface area contributed by atoms with E-state index in [9.17, 15) is 4.79 Å². The van der Waals surface area contributed by atoms with E-state index in [4.69, 9.17) is 10.5 Å². The Balaban J connectivity index is 2.24. The number of anilines is 1. The maximum Gasteiger partial charge on any atom is 0.269 e. The van der Waals surface area contributed by atoms with Gasteiger partial charge >= 0.3 is 0 Å². The van der Waals surface area contributed by atoms with Crippen LogP contribution >= 0.6 is 11.3 Å². The van der Waals surface area contributed by atoms with Gasteiger partial charge in [0.1, 0.15) is 16.3 Å². The fourth-order valence-corrected chi connectivity index (χ4v) is 2.74. The van der Waals surface area contributed by atoms with Crippen LogP contribution in [0.1, 0.15) is 6.92 Å². The Bertz CT molecular complexity index is 823. The van der Waals surface area contributed by atoms with Crippen LogP contribution in [-0.2, 0) is 0 Å². The van der Waals surface area contributed by atoms with Crippen LogP contribution < -0.4 is 16.0 Å². The molecule has 0 bridgehead atoms. The molecular formula is C14H13N3O2S. The minimum absolute atomic E-state index is 0.148. The van der Waals surface area contributed by atoms with E-state index in [2.05, 4.69) is 9.97 Å². The molecule has 0 radical (unpaired) electrons. The summed E-state index contributed by atoms with van der Waals surface area (Å²) in [6.07, 6.45) is 0. The van der Waals surface area contributed by atoms with Gasteiger partial charge in [0, 0.05) is 5.69 Å². The molecular weight excluding hydrogens is 274 g/mol. The third-order valence-corrected chi connectivity index (χ3v) is 3.78. The number of fused-ring (bicyclic) bond motifs is 1. The molecule has 102 valence electrons. The van der Waals surface area contributed by atoms with E-state index in [0.717, 1.165) is 0 Å². The number of hydrogen-bond donors (Lipinski definition) is 2. The summed E-state index contributed by atoms with van der Waals surface area (Å²) in [6.45, 7) is 2.43. The largest absolute Gasteiger partial charge is 0.493 e. The number of nitrogens with two attached hydrogens (primary N) is 1. The second kappa shape index (κ2) is 4.97. The van der Waals surface area contributed by atoms with E-state index in [1.54, 1.807) is 18.2 Å². The number of nitrogens with zero attached hydrogens (tertiary/aromatic N) is 1. The smallest absolute Gasteiger partial charge is 0.269 e. The molecule has 2 aromatic heterocycles. The molecule has 0 atom stereocenters. The first-order chi connectivity index (χ1) is 9.69. The summed E-state index contributed by atoms with van der Waals surface area (Å²) in [5.74, 6) is 1.12. The zero-order valence-corrected chi connectivity index (χ0v) is 11.7. The zero-order chi connectivity index (χ0) is 14.1. The second-order valence-electron chi connectivity index (χ2n) is 4.24. The lowest BCUT2D eigenvalue weighted by Gasteiger charge is -2.10. The zero-order valence-electron chi connectivity index (χ0n) is 10.8. The number of aromatic amines is 1. The Hall–Kier alpha value is -2.34. The van der Waals surface area contributed by atoms with Gasteiger partial charge in [0.2, 0.25) is 0 Å². The van der Waals surface area contributed by atoms with Gasteiger partial charge in [-0.25, -0.2) is 4.98 Å². The summed E-state index contributed by atoms with van der Waals surface area (Å²) in [4.78, 5) is 19.3. The molecule has 3 rings (SSSR count). The molecule has 0 aliphatic carbocycles. The number of benzene rings is 1. The van der Waals surface area contributed by atoms with Crippen molar-refractivity contribution in [3.63, 3.8) is 0 Å². The number of aromatic nitrogens is 2. The highest BCUT2D eigenvalue weighted by molar-refractivity contribution is 7.17. The van der Waals surface area contributed by atoms with Gasteiger partial charge in [-0.05, 0) is 36.6 Å². The molecule has 6 heteroatoms. The standard InChI is InChI=1S/C14H13N3O2S/c1-2-19-11-4-3-8(15)7-9(11)13-16-10-5-6-20-12(10)14(18)17-13/h3-7H,2,15H2,1H3,(H,16,17,18). The van der Waals surface area contributed by atoms with Gasteiger partial charge in [-0.1, -0.05) is 0 Å². The number of thiophene rings is 1. The first-order valence-corrected chi connectivity index (χ1v) is 7.07. The fourth-order valence-electron chi connectivity index (χ4n) is 2.01. The second-order valence-corrected chi connectivity index (χ2v) is 5.15. The Morgan fingerprint density at radius 2 is 2.25 bits per heavy atom. The van der Waals surface area contributed by atoms with Gasteiger partial charge in [-0.15, -0.1) is 11.3 Å². The molecule has 20 heavy (non-hydrogen) atoms. The van der Waals surface area contributed by atoms with Gasteiger partial charge < -0.3 is 15.5 Å². The van der Waals surface area contributed by atoms with Gasteiger partial charge in [-0.2, -0.15) is 0 Å². The van der Waals surface area contributed by atoms with E-state index >= 15 is 0 Å². The third-order valence-electron chi connectivity index (χ3n) is 2.87. The Morgan fingerprint density at radius 1 is 1.40 bits per heavy atom. The fraction of sp³-hybridized carbons (Fsp3) is 0.143. The molecule has 1 aromatic carbocycles. The average molecular weight is 287 g/mol. The number of rotatable bonds is 3. The van der Waals surface area contributed by atoms with E-state index in [1.165, 1.54) is 11.3 Å². The Morgan fingerprint density at radius 3 is 3.05 bits per heavy atom. The summed E-state index contributed by atoms with van der Waals surface area (Å²) >= 11 is 1.37. The Labute approximate surface area is 119 Å². The highest BCUT2D eigenvalue weighted by Gasteiger charge is 2.12. The van der Waals surface area contributed by atoms with Crippen LogP contribution in [0.15, 0.2) is 34.4 Å². The van der Waals surface area contributed by atoms with E-state index in [0.29, 0.717) is 39.6 Å². The molecule has 0 fully saturated rings. The molecule has 0 spiro atoms. The highest BCUT2D eigenvalue weighted by Crippen LogP contribution is 2.30. The summed E-state index contributed by atoms with van der Waals surface area (Å²) in [5, 5.41) is 1.85. The Kier molecular flexibility index (Phi) is 3.15. The van der Waals surface area contributed by atoms with Crippen LogP contribution in [0.3, 0.4) is 0 Å². The molecule has 0 aliphatic heterocycles. The minimum atomic E-state index is -0.148. The highest BCUT2D eigenvalue weighted by atomic mass is 32.1. The summed E-state index contributed by atoms with van der Waals surface area (Å²) in [5.41, 5.74) is 7.64.